The Kier molecular flexibility index (Phi) is 11.4. The van der Waals surface area contributed by atoms with E-state index >= 15 is 0 Å². The van der Waals surface area contributed by atoms with Gasteiger partial charge in [0.15, 0.2) is 5.57 Å². The molecule has 2 heterocycles. The van der Waals surface area contributed by atoms with Crippen molar-refractivity contribution in [2.24, 2.45) is 0 Å². The molecule has 4 rings (SSSR count). The lowest BCUT2D eigenvalue weighted by Crippen LogP contribution is -2.49. The molecule has 0 unspecified atom stereocenters. The van der Waals surface area contributed by atoms with E-state index in [4.69, 9.17) is 4.74 Å². The minimum absolute atomic E-state index is 0.00737. The van der Waals surface area contributed by atoms with E-state index in [2.05, 4.69) is 44.0 Å². The Morgan fingerprint density at radius 3 is 2.49 bits per heavy atom. The Balaban J connectivity index is 1.42. The molecule has 0 atom stereocenters. The van der Waals surface area contributed by atoms with E-state index in [1.54, 1.807) is 32.9 Å². The number of hydrogen-bond acceptors (Lipinski definition) is 9. The molecule has 1 fully saturated rings. The second-order valence-corrected chi connectivity index (χ2v) is 11.2. The first kappa shape index (κ1) is 32.9. The van der Waals surface area contributed by atoms with E-state index in [1.807, 2.05) is 42.5 Å². The number of piperazine rings is 1. The lowest BCUT2D eigenvalue weighted by molar-refractivity contribution is -0.119. The topological polar surface area (TPSA) is 123 Å². The lowest BCUT2D eigenvalue weighted by Gasteiger charge is -2.36. The second kappa shape index (κ2) is 15.6. The summed E-state index contributed by atoms with van der Waals surface area (Å²) >= 11 is 1.09. The van der Waals surface area contributed by atoms with E-state index in [0.717, 1.165) is 60.3 Å². The largest absolute Gasteiger partial charge is 0.497 e. The third-order valence-electron chi connectivity index (χ3n) is 7.33. The summed E-state index contributed by atoms with van der Waals surface area (Å²) in [6.45, 7) is 7.84. The summed E-state index contributed by atoms with van der Waals surface area (Å²) in [5, 5.41) is 15.1. The SMILES string of the molecule is CCNC(=O)C(=C=c1sc(=C=CNc2cccc(N(C)C(=O)CN3CCN(c4ccc(OC)cc4)CC3)c2)c(=O)n1CC)C#N. The monoisotopic (exact) mass is 627 g/mol. The third-order valence-corrected chi connectivity index (χ3v) is 8.34. The molecular formula is C33H37N7O4S. The molecule has 11 nitrogen and oxygen atoms in total. The predicted molar refractivity (Wildman–Crippen MR) is 178 cm³/mol. The van der Waals surface area contributed by atoms with Gasteiger partial charge in [-0.25, -0.2) is 0 Å². The maximum atomic E-state index is 13.1. The van der Waals surface area contributed by atoms with Gasteiger partial charge in [0.2, 0.25) is 5.91 Å². The Labute approximate surface area is 266 Å². The molecule has 2 aromatic carbocycles. The highest BCUT2D eigenvalue weighted by Gasteiger charge is 2.21. The highest BCUT2D eigenvalue weighted by molar-refractivity contribution is 7.07. The average molecular weight is 628 g/mol. The fraction of sp³-hybridized carbons (Fsp3) is 0.333. The van der Waals surface area contributed by atoms with Crippen LogP contribution in [0.1, 0.15) is 13.8 Å². The zero-order chi connectivity index (χ0) is 32.3. The molecule has 0 spiro atoms. The van der Waals surface area contributed by atoms with Gasteiger partial charge in [-0.2, -0.15) is 5.26 Å². The number of anilines is 3. The van der Waals surface area contributed by atoms with Crippen molar-refractivity contribution in [1.82, 2.24) is 14.8 Å². The van der Waals surface area contributed by atoms with Crippen LogP contribution in [-0.2, 0) is 16.1 Å². The number of nitriles is 1. The lowest BCUT2D eigenvalue weighted by atomic mass is 10.2. The average Bonchev–Trinajstić information content (AvgIpc) is 3.36. The number of ether oxygens (including phenoxy) is 1. The molecule has 0 saturated carbocycles. The number of aromatic nitrogens is 1. The maximum absolute atomic E-state index is 13.1. The van der Waals surface area contributed by atoms with Crippen LogP contribution in [0.25, 0.3) is 11.5 Å². The van der Waals surface area contributed by atoms with Gasteiger partial charge < -0.3 is 25.2 Å². The molecule has 12 heteroatoms. The number of hydrogen-bond donors (Lipinski definition) is 2. The van der Waals surface area contributed by atoms with Crippen molar-refractivity contribution in [2.45, 2.75) is 20.4 Å². The summed E-state index contributed by atoms with van der Waals surface area (Å²) in [5.41, 5.74) is 7.85. The van der Waals surface area contributed by atoms with Gasteiger partial charge in [0.05, 0.1) is 13.7 Å². The zero-order valence-corrected chi connectivity index (χ0v) is 26.7. The van der Waals surface area contributed by atoms with Crippen molar-refractivity contribution < 1.29 is 14.3 Å². The van der Waals surface area contributed by atoms with Crippen LogP contribution in [0.3, 0.4) is 0 Å². The molecule has 234 valence electrons. The molecule has 2 N–H and O–H groups in total. The first-order valence-electron chi connectivity index (χ1n) is 14.7. The highest BCUT2D eigenvalue weighted by Crippen LogP contribution is 2.21. The van der Waals surface area contributed by atoms with Crippen LogP contribution < -0.4 is 39.9 Å². The van der Waals surface area contributed by atoms with Gasteiger partial charge in [-0.05, 0) is 56.3 Å². The number of amides is 2. The summed E-state index contributed by atoms with van der Waals surface area (Å²) in [6, 6.07) is 17.3. The Morgan fingerprint density at radius 1 is 1.11 bits per heavy atom. The Morgan fingerprint density at radius 2 is 1.84 bits per heavy atom. The Bertz CT molecular complexity index is 1820. The highest BCUT2D eigenvalue weighted by atomic mass is 32.1. The van der Waals surface area contributed by atoms with Crippen molar-refractivity contribution >= 4 is 51.7 Å². The van der Waals surface area contributed by atoms with Gasteiger partial charge in [-0.3, -0.25) is 23.9 Å². The third kappa shape index (κ3) is 8.32. The number of benzene rings is 2. The molecule has 45 heavy (non-hydrogen) atoms. The molecule has 0 radical (unpaired) electrons. The van der Waals surface area contributed by atoms with Crippen molar-refractivity contribution in [3.63, 3.8) is 0 Å². The van der Waals surface area contributed by atoms with Gasteiger partial charge in [0.1, 0.15) is 21.0 Å². The van der Waals surface area contributed by atoms with Crippen LogP contribution in [-0.4, -0.2) is 74.7 Å². The van der Waals surface area contributed by atoms with E-state index in [-0.39, 0.29) is 17.0 Å². The Hall–Kier alpha value is -5.04. The number of carbonyl (C=O) groups is 2. The smallest absolute Gasteiger partial charge is 0.277 e. The van der Waals surface area contributed by atoms with Crippen LogP contribution in [0.2, 0.25) is 0 Å². The molecule has 1 aromatic heterocycles. The minimum Gasteiger partial charge on any atom is -0.497 e. The van der Waals surface area contributed by atoms with E-state index in [0.29, 0.717) is 28.8 Å². The van der Waals surface area contributed by atoms with Crippen molar-refractivity contribution in [3.8, 4) is 11.8 Å². The molecule has 0 bridgehead atoms. The molecule has 1 aliphatic heterocycles. The van der Waals surface area contributed by atoms with Gasteiger partial charge in [0, 0.05) is 69.6 Å². The van der Waals surface area contributed by atoms with Gasteiger partial charge in [-0.15, -0.1) is 0 Å². The molecular weight excluding hydrogens is 590 g/mol. The molecule has 2 amide bonds. The number of nitrogens with zero attached hydrogens (tertiary/aromatic N) is 5. The van der Waals surface area contributed by atoms with E-state index < -0.39 is 5.91 Å². The van der Waals surface area contributed by atoms with E-state index in [9.17, 15) is 19.6 Å². The summed E-state index contributed by atoms with van der Waals surface area (Å²) in [4.78, 5) is 44.3. The van der Waals surface area contributed by atoms with Crippen LogP contribution in [0.15, 0.2) is 65.1 Å². The number of nitrogens with one attached hydrogen (secondary N) is 2. The van der Waals surface area contributed by atoms with Crippen molar-refractivity contribution in [3.05, 3.63) is 79.9 Å². The second-order valence-electron chi connectivity index (χ2n) is 10.2. The van der Waals surface area contributed by atoms with Gasteiger partial charge in [-0.1, -0.05) is 28.9 Å². The normalized spacial score (nSPS) is 12.7. The first-order valence-corrected chi connectivity index (χ1v) is 15.5. The number of thiazole rings is 1. The molecule has 0 aliphatic carbocycles. The standard InChI is InChI=1S/C33H37N7O4S/c1-5-35-32(42)24(22-34)20-31-40(6-2)33(43)29(45-31)14-15-36-25-8-7-9-27(21-25)37(3)30(41)23-38-16-18-39(19-17-38)26-10-12-28(44-4)13-11-26/h7-13,15,21,36H,5-6,16-19,23H2,1-4H3,(H,35,42). The predicted octanol–water partition coefficient (Wildman–Crippen LogP) is 1.69. The molecule has 3 aromatic rings. The van der Waals surface area contributed by atoms with E-state index in [1.165, 1.54) is 10.8 Å². The number of rotatable bonds is 10. The van der Waals surface area contributed by atoms with Crippen molar-refractivity contribution in [2.75, 3.05) is 68.5 Å². The fourth-order valence-electron chi connectivity index (χ4n) is 4.76. The van der Waals surface area contributed by atoms with Gasteiger partial charge >= 0.3 is 0 Å². The number of likely N-dealkylation sites (N-methyl/N-ethyl adjacent to an activating group) is 2. The molecule has 1 aliphatic rings. The first-order chi connectivity index (χ1) is 21.8. The van der Waals surface area contributed by atoms with Crippen LogP contribution >= 0.6 is 11.3 Å². The summed E-state index contributed by atoms with van der Waals surface area (Å²) < 4.78 is 7.36. The van der Waals surface area contributed by atoms with Crippen LogP contribution in [0, 0.1) is 11.3 Å². The summed E-state index contributed by atoms with van der Waals surface area (Å²) in [6.07, 6.45) is 1.53. The maximum Gasteiger partial charge on any atom is 0.277 e. The van der Waals surface area contributed by atoms with Gasteiger partial charge in [0.25, 0.3) is 11.5 Å². The van der Waals surface area contributed by atoms with Crippen molar-refractivity contribution in [1.29, 1.82) is 5.26 Å². The molecule has 1 saturated heterocycles. The fourth-order valence-corrected chi connectivity index (χ4v) is 5.74. The van der Waals surface area contributed by atoms with Crippen LogP contribution in [0.5, 0.6) is 5.75 Å². The summed E-state index contributed by atoms with van der Waals surface area (Å²) in [5.74, 6) is 0.282. The minimum atomic E-state index is -0.540. The number of carbonyl (C=O) groups excluding carboxylic acids is 2. The zero-order valence-electron chi connectivity index (χ0n) is 25.9. The summed E-state index contributed by atoms with van der Waals surface area (Å²) in [7, 11) is 3.42. The van der Waals surface area contributed by atoms with Crippen LogP contribution in [0.4, 0.5) is 17.1 Å². The number of methoxy groups -OCH3 is 1. The quantitative estimate of drug-likeness (QED) is 0.257.